The van der Waals surface area contributed by atoms with Crippen molar-refractivity contribution in [3.8, 4) is 6.07 Å². The van der Waals surface area contributed by atoms with Gasteiger partial charge in [0, 0.05) is 19.7 Å². The molecule has 0 aliphatic heterocycles. The van der Waals surface area contributed by atoms with Gasteiger partial charge in [-0.05, 0) is 44.5 Å². The first kappa shape index (κ1) is 19.9. The number of carbonyl (C=O) groups is 2. The summed E-state index contributed by atoms with van der Waals surface area (Å²) in [5, 5.41) is 13.8. The molecular formula is C20H23N3O2. The quantitative estimate of drug-likeness (QED) is 0.884. The third kappa shape index (κ3) is 5.47. The summed E-state index contributed by atoms with van der Waals surface area (Å²) in [5.41, 5.74) is 4.70. The molecule has 0 bridgehead atoms. The Morgan fingerprint density at radius 3 is 1.84 bits per heavy atom. The maximum atomic E-state index is 11.3. The zero-order valence-corrected chi connectivity index (χ0v) is 15.2. The third-order valence-corrected chi connectivity index (χ3v) is 3.63. The maximum absolute atomic E-state index is 11.3. The zero-order chi connectivity index (χ0) is 19.0. The highest BCUT2D eigenvalue weighted by molar-refractivity contribution is 5.96. The van der Waals surface area contributed by atoms with E-state index >= 15 is 0 Å². The number of hydrogen-bond donors (Lipinski definition) is 2. The Morgan fingerprint density at radius 1 is 0.840 bits per heavy atom. The van der Waals surface area contributed by atoms with Crippen molar-refractivity contribution in [1.29, 1.82) is 5.26 Å². The fourth-order valence-corrected chi connectivity index (χ4v) is 2.19. The molecule has 0 radical (unpaired) electrons. The molecule has 0 aromatic heterocycles. The highest BCUT2D eigenvalue weighted by atomic mass is 16.2. The van der Waals surface area contributed by atoms with Gasteiger partial charge in [-0.3, -0.25) is 9.59 Å². The van der Waals surface area contributed by atoms with E-state index in [2.05, 4.69) is 10.6 Å². The maximum Gasteiger partial charge on any atom is 0.252 e. The number of aryl methyl sites for hydroxylation is 3. The number of benzene rings is 2. The summed E-state index contributed by atoms with van der Waals surface area (Å²) in [5.74, 6) is -0.239. The average Bonchev–Trinajstić information content (AvgIpc) is 2.62. The van der Waals surface area contributed by atoms with E-state index in [-0.39, 0.29) is 11.8 Å². The molecule has 0 aliphatic rings. The van der Waals surface area contributed by atoms with Gasteiger partial charge in [0.2, 0.25) is 0 Å². The Morgan fingerprint density at radius 2 is 1.32 bits per heavy atom. The molecule has 0 unspecified atom stereocenters. The Hall–Kier alpha value is -3.13. The molecule has 0 aliphatic carbocycles. The number of nitriles is 1. The number of hydrogen-bond acceptors (Lipinski definition) is 3. The first-order chi connectivity index (χ1) is 11.8. The normalized spacial score (nSPS) is 9.28. The van der Waals surface area contributed by atoms with Crippen LogP contribution in [-0.4, -0.2) is 25.9 Å². The van der Waals surface area contributed by atoms with Crippen LogP contribution in [0.25, 0.3) is 0 Å². The molecular weight excluding hydrogens is 314 g/mol. The van der Waals surface area contributed by atoms with Crippen molar-refractivity contribution in [3.05, 3.63) is 69.8 Å². The summed E-state index contributed by atoms with van der Waals surface area (Å²) >= 11 is 0. The van der Waals surface area contributed by atoms with Gasteiger partial charge in [0.05, 0.1) is 17.2 Å². The molecule has 5 nitrogen and oxygen atoms in total. The molecule has 0 saturated carbocycles. The molecule has 0 fully saturated rings. The first-order valence-electron chi connectivity index (χ1n) is 7.86. The monoisotopic (exact) mass is 337 g/mol. The van der Waals surface area contributed by atoms with Crippen molar-refractivity contribution in [2.24, 2.45) is 0 Å². The van der Waals surface area contributed by atoms with Crippen LogP contribution < -0.4 is 10.6 Å². The van der Waals surface area contributed by atoms with Crippen LogP contribution in [0.15, 0.2) is 36.4 Å². The van der Waals surface area contributed by atoms with Crippen LogP contribution in [0.1, 0.15) is 43.0 Å². The van der Waals surface area contributed by atoms with Crippen molar-refractivity contribution in [3.63, 3.8) is 0 Å². The third-order valence-electron chi connectivity index (χ3n) is 3.63. The lowest BCUT2D eigenvalue weighted by Crippen LogP contribution is -2.19. The van der Waals surface area contributed by atoms with Crippen molar-refractivity contribution < 1.29 is 9.59 Å². The van der Waals surface area contributed by atoms with E-state index in [1.807, 2.05) is 51.1 Å². The van der Waals surface area contributed by atoms with E-state index in [0.29, 0.717) is 11.1 Å². The van der Waals surface area contributed by atoms with Crippen LogP contribution >= 0.6 is 0 Å². The van der Waals surface area contributed by atoms with E-state index in [0.717, 1.165) is 22.3 Å². The van der Waals surface area contributed by atoms with Crippen LogP contribution in [-0.2, 0) is 0 Å². The summed E-state index contributed by atoms with van der Waals surface area (Å²) in [7, 11) is 3.19. The van der Waals surface area contributed by atoms with E-state index in [9.17, 15) is 9.59 Å². The van der Waals surface area contributed by atoms with Crippen LogP contribution in [0.3, 0.4) is 0 Å². The lowest BCUT2D eigenvalue weighted by Gasteiger charge is -2.04. The van der Waals surface area contributed by atoms with Crippen LogP contribution in [0.4, 0.5) is 0 Å². The molecule has 2 N–H and O–H groups in total. The van der Waals surface area contributed by atoms with Crippen molar-refractivity contribution >= 4 is 11.8 Å². The Bertz CT molecular complexity index is 820. The van der Waals surface area contributed by atoms with Crippen LogP contribution in [0.2, 0.25) is 0 Å². The van der Waals surface area contributed by atoms with Crippen LogP contribution in [0.5, 0.6) is 0 Å². The largest absolute Gasteiger partial charge is 0.355 e. The fourth-order valence-electron chi connectivity index (χ4n) is 2.19. The first-order valence-corrected chi connectivity index (χ1v) is 7.86. The van der Waals surface area contributed by atoms with E-state index in [1.54, 1.807) is 26.2 Å². The number of nitrogens with zero attached hydrogens (tertiary/aromatic N) is 1. The summed E-state index contributed by atoms with van der Waals surface area (Å²) in [4.78, 5) is 22.6. The van der Waals surface area contributed by atoms with Gasteiger partial charge in [-0.25, -0.2) is 0 Å². The fraction of sp³-hybridized carbons (Fsp3) is 0.250. The lowest BCUT2D eigenvalue weighted by molar-refractivity contribution is 0.0954. The molecule has 2 amide bonds. The second-order valence-corrected chi connectivity index (χ2v) is 5.64. The van der Waals surface area contributed by atoms with Gasteiger partial charge in [-0.1, -0.05) is 29.3 Å². The number of amides is 2. The summed E-state index contributed by atoms with van der Waals surface area (Å²) < 4.78 is 0. The molecule has 0 atom stereocenters. The molecule has 0 saturated heterocycles. The molecule has 2 aromatic carbocycles. The number of rotatable bonds is 2. The van der Waals surface area contributed by atoms with Gasteiger partial charge >= 0.3 is 0 Å². The molecule has 2 rings (SSSR count). The van der Waals surface area contributed by atoms with Gasteiger partial charge in [0.25, 0.3) is 11.8 Å². The Balaban J connectivity index is 0.000000251. The topological polar surface area (TPSA) is 82.0 Å². The van der Waals surface area contributed by atoms with Crippen LogP contribution in [0, 0.1) is 32.1 Å². The molecule has 0 heterocycles. The van der Waals surface area contributed by atoms with Gasteiger partial charge < -0.3 is 10.6 Å². The SMILES string of the molecule is CNC(=O)c1cc(C)ccc1C.CNC(=O)c1cc(C)ccc1C#N. The lowest BCUT2D eigenvalue weighted by atomic mass is 10.1. The van der Waals surface area contributed by atoms with E-state index in [4.69, 9.17) is 5.26 Å². The number of carbonyl (C=O) groups excluding carboxylic acids is 2. The summed E-state index contributed by atoms with van der Waals surface area (Å²) in [6.07, 6.45) is 0. The van der Waals surface area contributed by atoms with Gasteiger partial charge in [0.15, 0.2) is 0 Å². The predicted octanol–water partition coefficient (Wildman–Crippen LogP) is 2.89. The minimum absolute atomic E-state index is 0.0174. The van der Waals surface area contributed by atoms with Gasteiger partial charge in [-0.2, -0.15) is 5.26 Å². The van der Waals surface area contributed by atoms with E-state index in [1.165, 1.54) is 0 Å². The summed E-state index contributed by atoms with van der Waals surface area (Å²) in [6.45, 7) is 5.80. The standard InChI is InChI=1S/C10H10N2O.C10H13NO/c1-7-3-4-8(6-11)9(5-7)10(13)12-2;1-7-4-5-8(2)9(6-7)10(12)11-3/h3-5H,1-2H3,(H,12,13);4-6H,1-3H3,(H,11,12). The average molecular weight is 337 g/mol. The minimum atomic E-state index is -0.222. The predicted molar refractivity (Wildman–Crippen MR) is 98.6 cm³/mol. The minimum Gasteiger partial charge on any atom is -0.355 e. The summed E-state index contributed by atoms with van der Waals surface area (Å²) in [6, 6.07) is 13.0. The van der Waals surface area contributed by atoms with Gasteiger partial charge in [-0.15, -0.1) is 0 Å². The van der Waals surface area contributed by atoms with Crippen molar-refractivity contribution in [2.75, 3.05) is 14.1 Å². The highest BCUT2D eigenvalue weighted by Crippen LogP contribution is 2.10. The van der Waals surface area contributed by atoms with Crippen molar-refractivity contribution in [2.45, 2.75) is 20.8 Å². The molecule has 25 heavy (non-hydrogen) atoms. The van der Waals surface area contributed by atoms with Gasteiger partial charge in [0.1, 0.15) is 0 Å². The second kappa shape index (κ2) is 9.24. The Labute approximate surface area is 148 Å². The van der Waals surface area contributed by atoms with Crippen molar-refractivity contribution in [1.82, 2.24) is 10.6 Å². The molecule has 130 valence electrons. The highest BCUT2D eigenvalue weighted by Gasteiger charge is 2.09. The smallest absolute Gasteiger partial charge is 0.252 e. The number of nitrogens with one attached hydrogen (secondary N) is 2. The molecule has 0 spiro atoms. The molecule has 5 heteroatoms. The zero-order valence-electron chi connectivity index (χ0n) is 15.2. The molecule has 2 aromatic rings. The van der Waals surface area contributed by atoms with E-state index < -0.39 is 0 Å². The Kier molecular flexibility index (Phi) is 7.36. The second-order valence-electron chi connectivity index (χ2n) is 5.64.